The first kappa shape index (κ1) is 10.9. The van der Waals surface area contributed by atoms with E-state index >= 15 is 0 Å². The molecule has 0 bridgehead atoms. The Morgan fingerprint density at radius 1 is 1.29 bits per heavy atom. The number of carbonyl (C=O) groups is 1. The zero-order valence-corrected chi connectivity index (χ0v) is 8.75. The third-order valence-corrected chi connectivity index (χ3v) is 2.38. The number of amides is 1. The van der Waals surface area contributed by atoms with E-state index in [9.17, 15) is 9.00 Å². The third-order valence-electron chi connectivity index (χ3n) is 1.71. The molecule has 1 rings (SSSR count). The fourth-order valence-corrected chi connectivity index (χ4v) is 1.34. The molecule has 0 saturated heterocycles. The molecule has 1 atom stereocenters. The van der Waals surface area contributed by atoms with E-state index in [0.29, 0.717) is 10.5 Å². The van der Waals surface area contributed by atoms with E-state index in [4.69, 9.17) is 4.55 Å². The zero-order chi connectivity index (χ0) is 10.7. The molecule has 1 amide bonds. The molecule has 0 saturated carbocycles. The Bertz CT molecular complexity index is 359. The van der Waals surface area contributed by atoms with Gasteiger partial charge in [0.2, 0.25) is 0 Å². The highest BCUT2D eigenvalue weighted by molar-refractivity contribution is 7.79. The van der Waals surface area contributed by atoms with Gasteiger partial charge in [-0.25, -0.2) is 4.21 Å². The van der Waals surface area contributed by atoms with Gasteiger partial charge >= 0.3 is 0 Å². The number of hydrogen-bond acceptors (Lipinski definition) is 2. The van der Waals surface area contributed by atoms with Crippen molar-refractivity contribution >= 4 is 17.0 Å². The lowest BCUT2D eigenvalue weighted by molar-refractivity contribution is 0.0827. The largest absolute Gasteiger partial charge is 0.345 e. The topological polar surface area (TPSA) is 57.6 Å². The van der Waals surface area contributed by atoms with Gasteiger partial charge in [-0.05, 0) is 24.3 Å². The van der Waals surface area contributed by atoms with Crippen molar-refractivity contribution in [1.82, 2.24) is 4.90 Å². The quantitative estimate of drug-likeness (QED) is 0.745. The van der Waals surface area contributed by atoms with Crippen LogP contribution in [0.2, 0.25) is 0 Å². The highest BCUT2D eigenvalue weighted by Crippen LogP contribution is 2.08. The van der Waals surface area contributed by atoms with Gasteiger partial charge in [-0.3, -0.25) is 4.79 Å². The van der Waals surface area contributed by atoms with Crippen LogP contribution in [-0.4, -0.2) is 33.7 Å². The first-order chi connectivity index (χ1) is 6.52. The van der Waals surface area contributed by atoms with Crippen molar-refractivity contribution in [2.45, 2.75) is 4.90 Å². The summed E-state index contributed by atoms with van der Waals surface area (Å²) >= 11 is -1.99. The predicted molar refractivity (Wildman–Crippen MR) is 53.5 cm³/mol. The van der Waals surface area contributed by atoms with E-state index in [1.54, 1.807) is 14.1 Å². The molecule has 0 aliphatic carbocycles. The van der Waals surface area contributed by atoms with Gasteiger partial charge in [0, 0.05) is 19.7 Å². The fraction of sp³-hybridized carbons (Fsp3) is 0.222. The SMILES string of the molecule is CN(C)C(=O)c1ccc(S(=O)O)cc1. The molecule has 4 nitrogen and oxygen atoms in total. The van der Waals surface area contributed by atoms with Crippen molar-refractivity contribution in [3.8, 4) is 0 Å². The van der Waals surface area contributed by atoms with Crippen molar-refractivity contribution in [2.24, 2.45) is 0 Å². The first-order valence-corrected chi connectivity index (χ1v) is 5.05. The summed E-state index contributed by atoms with van der Waals surface area (Å²) in [5.74, 6) is -0.125. The van der Waals surface area contributed by atoms with Crippen LogP contribution >= 0.6 is 0 Å². The van der Waals surface area contributed by atoms with E-state index in [0.717, 1.165) is 0 Å². The Morgan fingerprint density at radius 2 is 1.79 bits per heavy atom. The third kappa shape index (κ3) is 2.40. The maximum absolute atomic E-state index is 11.4. The molecule has 0 aliphatic rings. The van der Waals surface area contributed by atoms with Crippen molar-refractivity contribution in [3.63, 3.8) is 0 Å². The summed E-state index contributed by atoms with van der Waals surface area (Å²) in [4.78, 5) is 13.2. The summed E-state index contributed by atoms with van der Waals surface area (Å²) in [5.41, 5.74) is 0.504. The molecule has 5 heteroatoms. The molecule has 76 valence electrons. The summed E-state index contributed by atoms with van der Waals surface area (Å²) in [6, 6.07) is 6.00. The molecule has 1 aromatic carbocycles. The Morgan fingerprint density at radius 3 is 2.14 bits per heavy atom. The van der Waals surface area contributed by atoms with Crippen LogP contribution in [0.15, 0.2) is 29.2 Å². The molecule has 1 aromatic rings. The van der Waals surface area contributed by atoms with Crippen molar-refractivity contribution in [2.75, 3.05) is 14.1 Å². The molecule has 14 heavy (non-hydrogen) atoms. The lowest BCUT2D eigenvalue weighted by atomic mass is 10.2. The van der Waals surface area contributed by atoms with Gasteiger partial charge in [-0.2, -0.15) is 0 Å². The van der Waals surface area contributed by atoms with Gasteiger partial charge < -0.3 is 9.45 Å². The van der Waals surface area contributed by atoms with Gasteiger partial charge in [-0.15, -0.1) is 0 Å². The Labute approximate surface area is 84.8 Å². The maximum Gasteiger partial charge on any atom is 0.253 e. The van der Waals surface area contributed by atoms with Crippen LogP contribution in [0.3, 0.4) is 0 Å². The molecule has 1 unspecified atom stereocenters. The number of benzene rings is 1. The summed E-state index contributed by atoms with van der Waals surface area (Å²) in [5, 5.41) is 0. The number of hydrogen-bond donors (Lipinski definition) is 1. The molecule has 1 N–H and O–H groups in total. The minimum Gasteiger partial charge on any atom is -0.345 e. The minimum absolute atomic E-state index is 0.125. The second-order valence-corrected chi connectivity index (χ2v) is 3.94. The Balaban J connectivity index is 2.94. The molecule has 0 spiro atoms. The fourth-order valence-electron chi connectivity index (χ4n) is 0.972. The van der Waals surface area contributed by atoms with Gasteiger partial charge in [0.1, 0.15) is 0 Å². The van der Waals surface area contributed by atoms with Gasteiger partial charge in [0.25, 0.3) is 5.91 Å². The van der Waals surface area contributed by atoms with E-state index in [-0.39, 0.29) is 5.91 Å². The maximum atomic E-state index is 11.4. The Hall–Kier alpha value is -1.20. The second-order valence-electron chi connectivity index (χ2n) is 2.97. The van der Waals surface area contributed by atoms with Crippen molar-refractivity contribution < 1.29 is 13.6 Å². The van der Waals surface area contributed by atoms with E-state index in [2.05, 4.69) is 0 Å². The summed E-state index contributed by atoms with van der Waals surface area (Å²) < 4.78 is 19.4. The Kier molecular flexibility index (Phi) is 3.38. The number of carbonyl (C=O) groups excluding carboxylic acids is 1. The van der Waals surface area contributed by atoms with Gasteiger partial charge in [-0.1, -0.05) is 0 Å². The average Bonchev–Trinajstić information content (AvgIpc) is 2.16. The average molecular weight is 213 g/mol. The predicted octanol–water partition coefficient (Wildman–Crippen LogP) is 0.969. The molecular formula is C9H11NO3S. The van der Waals surface area contributed by atoms with Gasteiger partial charge in [0.05, 0.1) is 4.90 Å². The van der Waals surface area contributed by atoms with Crippen LogP contribution in [-0.2, 0) is 11.1 Å². The van der Waals surface area contributed by atoms with E-state index in [1.165, 1.54) is 29.2 Å². The smallest absolute Gasteiger partial charge is 0.253 e. The molecule has 0 fully saturated rings. The van der Waals surface area contributed by atoms with Crippen LogP contribution in [0.25, 0.3) is 0 Å². The van der Waals surface area contributed by atoms with E-state index < -0.39 is 11.1 Å². The van der Waals surface area contributed by atoms with Crippen molar-refractivity contribution in [3.05, 3.63) is 29.8 Å². The van der Waals surface area contributed by atoms with Crippen LogP contribution < -0.4 is 0 Å². The summed E-state index contributed by atoms with van der Waals surface area (Å²) in [7, 11) is 3.31. The van der Waals surface area contributed by atoms with Crippen LogP contribution in [0, 0.1) is 0 Å². The minimum atomic E-state index is -1.99. The molecular weight excluding hydrogens is 202 g/mol. The summed E-state index contributed by atoms with van der Waals surface area (Å²) in [6.07, 6.45) is 0. The van der Waals surface area contributed by atoms with Crippen LogP contribution in [0.5, 0.6) is 0 Å². The lowest BCUT2D eigenvalue weighted by Crippen LogP contribution is -2.21. The highest BCUT2D eigenvalue weighted by Gasteiger charge is 2.08. The van der Waals surface area contributed by atoms with Gasteiger partial charge in [0.15, 0.2) is 11.1 Å². The lowest BCUT2D eigenvalue weighted by Gasteiger charge is -2.09. The molecule has 0 aliphatic heterocycles. The molecule has 0 heterocycles. The molecule has 0 aromatic heterocycles. The number of nitrogens with zero attached hydrogens (tertiary/aromatic N) is 1. The summed E-state index contributed by atoms with van der Waals surface area (Å²) in [6.45, 7) is 0. The highest BCUT2D eigenvalue weighted by atomic mass is 32.2. The van der Waals surface area contributed by atoms with Crippen LogP contribution in [0.4, 0.5) is 0 Å². The van der Waals surface area contributed by atoms with Crippen LogP contribution in [0.1, 0.15) is 10.4 Å². The normalized spacial score (nSPS) is 12.2. The number of rotatable bonds is 2. The zero-order valence-electron chi connectivity index (χ0n) is 7.93. The van der Waals surface area contributed by atoms with Crippen molar-refractivity contribution in [1.29, 1.82) is 0 Å². The second kappa shape index (κ2) is 4.34. The monoisotopic (exact) mass is 213 g/mol. The van der Waals surface area contributed by atoms with E-state index in [1.807, 2.05) is 0 Å². The molecule has 0 radical (unpaired) electrons. The standard InChI is InChI=1S/C9H11NO3S/c1-10(2)9(11)7-3-5-8(6-4-7)14(12)13/h3-6H,1-2H3,(H,12,13). The first-order valence-electron chi connectivity index (χ1n) is 3.95.